The molecule has 0 aliphatic rings. The predicted molar refractivity (Wildman–Crippen MR) is 145 cm³/mol. The van der Waals surface area contributed by atoms with Gasteiger partial charge in [0.25, 0.3) is 0 Å². The minimum atomic E-state index is -0.599. The third-order valence-electron chi connectivity index (χ3n) is 5.98. The maximum atomic E-state index is 14.1. The van der Waals surface area contributed by atoms with E-state index in [1.807, 2.05) is 0 Å². The SMILES string of the molecule is CC(=O)c1nn(CC(=O)N(CC(=O)NCc2cccc(Cl)c2F)C(C)C)c2ccc(Nc3cncnc3)cc12. The molecule has 12 heteroatoms. The molecule has 2 aromatic heterocycles. The second kappa shape index (κ2) is 12.0. The first-order chi connectivity index (χ1) is 18.6. The van der Waals surface area contributed by atoms with Crippen molar-refractivity contribution in [1.82, 2.24) is 30.0 Å². The van der Waals surface area contributed by atoms with E-state index < -0.39 is 11.7 Å². The number of halogens is 2. The van der Waals surface area contributed by atoms with Gasteiger partial charge in [-0.25, -0.2) is 14.4 Å². The molecule has 0 spiro atoms. The number of nitrogens with zero attached hydrogens (tertiary/aromatic N) is 5. The van der Waals surface area contributed by atoms with E-state index in [2.05, 4.69) is 25.7 Å². The fourth-order valence-electron chi connectivity index (χ4n) is 4.03. The zero-order chi connectivity index (χ0) is 28.1. The Kier molecular flexibility index (Phi) is 8.50. The molecule has 0 atom stereocenters. The standard InChI is InChI=1S/C27H27ClFN7O3/c1-16(2)35(13-24(38)32-10-18-5-4-6-22(28)26(18)29)25(39)14-36-23-8-7-19(33-20-11-30-15-31-12-20)9-21(23)27(34-36)17(3)37/h4-9,11-12,15-16,33H,10,13-14H2,1-3H3,(H,32,38). The number of Topliss-reactive ketones (excluding diaryl/α,β-unsaturated/α-hetero) is 1. The van der Waals surface area contributed by atoms with Crippen molar-refractivity contribution in [2.45, 2.75) is 39.9 Å². The highest BCUT2D eigenvalue weighted by Crippen LogP contribution is 2.25. The van der Waals surface area contributed by atoms with E-state index >= 15 is 0 Å². The molecule has 2 N–H and O–H groups in total. The van der Waals surface area contributed by atoms with Gasteiger partial charge in [0.15, 0.2) is 5.78 Å². The molecule has 2 aromatic carbocycles. The molecule has 0 aliphatic heterocycles. The molecule has 2 amide bonds. The third kappa shape index (κ3) is 6.55. The van der Waals surface area contributed by atoms with E-state index in [0.29, 0.717) is 22.3 Å². The summed E-state index contributed by atoms with van der Waals surface area (Å²) in [5.74, 6) is -1.66. The van der Waals surface area contributed by atoms with Crippen LogP contribution < -0.4 is 10.6 Å². The monoisotopic (exact) mass is 551 g/mol. The molecule has 0 saturated heterocycles. The van der Waals surface area contributed by atoms with Crippen LogP contribution in [0.2, 0.25) is 5.02 Å². The Balaban J connectivity index is 1.50. The second-order valence-corrected chi connectivity index (χ2v) is 9.56. The zero-order valence-corrected chi connectivity index (χ0v) is 22.4. The molecule has 39 heavy (non-hydrogen) atoms. The fraction of sp³-hybridized carbons (Fsp3) is 0.259. The molecule has 0 radical (unpaired) electrons. The van der Waals surface area contributed by atoms with Gasteiger partial charge < -0.3 is 15.5 Å². The van der Waals surface area contributed by atoms with Gasteiger partial charge in [-0.3, -0.25) is 19.1 Å². The van der Waals surface area contributed by atoms with E-state index in [-0.39, 0.29) is 53.6 Å². The molecule has 0 bridgehead atoms. The van der Waals surface area contributed by atoms with Gasteiger partial charge >= 0.3 is 0 Å². The molecular formula is C27H27ClFN7O3. The zero-order valence-electron chi connectivity index (χ0n) is 21.6. The summed E-state index contributed by atoms with van der Waals surface area (Å²) >= 11 is 5.80. The van der Waals surface area contributed by atoms with Gasteiger partial charge in [-0.2, -0.15) is 5.10 Å². The summed E-state index contributed by atoms with van der Waals surface area (Å²) in [6.45, 7) is 4.50. The highest BCUT2D eigenvalue weighted by molar-refractivity contribution is 6.30. The van der Waals surface area contributed by atoms with Crippen LogP contribution in [0, 0.1) is 5.82 Å². The Bertz CT molecular complexity index is 1520. The highest BCUT2D eigenvalue weighted by atomic mass is 35.5. The topological polar surface area (TPSA) is 122 Å². The van der Waals surface area contributed by atoms with Crippen molar-refractivity contribution in [3.63, 3.8) is 0 Å². The number of hydrogen-bond acceptors (Lipinski definition) is 7. The van der Waals surface area contributed by atoms with Crippen LogP contribution in [0.3, 0.4) is 0 Å². The minimum absolute atomic E-state index is 0.0332. The van der Waals surface area contributed by atoms with Crippen LogP contribution in [0.25, 0.3) is 10.9 Å². The number of ketones is 1. The number of carbonyl (C=O) groups is 3. The number of fused-ring (bicyclic) bond motifs is 1. The summed E-state index contributed by atoms with van der Waals surface area (Å²) in [6, 6.07) is 9.57. The lowest BCUT2D eigenvalue weighted by Gasteiger charge is -2.26. The smallest absolute Gasteiger partial charge is 0.245 e. The van der Waals surface area contributed by atoms with Gasteiger partial charge in [0.1, 0.15) is 24.4 Å². The number of anilines is 2. The van der Waals surface area contributed by atoms with Gasteiger partial charge in [-0.15, -0.1) is 0 Å². The molecule has 10 nitrogen and oxygen atoms in total. The van der Waals surface area contributed by atoms with Gasteiger partial charge in [0.2, 0.25) is 11.8 Å². The lowest BCUT2D eigenvalue weighted by molar-refractivity contribution is -0.138. The molecule has 2 heterocycles. The first-order valence-corrected chi connectivity index (χ1v) is 12.5. The van der Waals surface area contributed by atoms with Crippen LogP contribution in [0.4, 0.5) is 15.8 Å². The summed E-state index contributed by atoms with van der Waals surface area (Å²) in [6.07, 6.45) is 4.66. The molecule has 4 aromatic rings. The summed E-state index contributed by atoms with van der Waals surface area (Å²) in [5.41, 5.74) is 2.43. The van der Waals surface area contributed by atoms with Crippen LogP contribution in [-0.2, 0) is 22.7 Å². The lowest BCUT2D eigenvalue weighted by Crippen LogP contribution is -2.45. The third-order valence-corrected chi connectivity index (χ3v) is 6.28. The molecule has 0 aliphatic carbocycles. The van der Waals surface area contributed by atoms with E-state index in [9.17, 15) is 18.8 Å². The number of benzene rings is 2. The number of rotatable bonds is 10. The maximum Gasteiger partial charge on any atom is 0.245 e. The Morgan fingerprint density at radius 1 is 1.10 bits per heavy atom. The van der Waals surface area contributed by atoms with Crippen LogP contribution in [0.1, 0.15) is 36.8 Å². The first kappa shape index (κ1) is 27.6. The Labute approximate surface area is 229 Å². The van der Waals surface area contributed by atoms with Crippen LogP contribution in [0.15, 0.2) is 55.1 Å². The minimum Gasteiger partial charge on any atom is -0.353 e. The van der Waals surface area contributed by atoms with Crippen molar-refractivity contribution in [3.8, 4) is 0 Å². The van der Waals surface area contributed by atoms with Crippen molar-refractivity contribution < 1.29 is 18.8 Å². The van der Waals surface area contributed by atoms with Gasteiger partial charge in [-0.05, 0) is 38.1 Å². The molecular weight excluding hydrogens is 525 g/mol. The first-order valence-electron chi connectivity index (χ1n) is 12.2. The van der Waals surface area contributed by atoms with E-state index in [0.717, 1.165) is 0 Å². The lowest BCUT2D eigenvalue weighted by atomic mass is 10.1. The van der Waals surface area contributed by atoms with Crippen molar-refractivity contribution in [3.05, 3.63) is 77.2 Å². The van der Waals surface area contributed by atoms with Gasteiger partial charge in [0, 0.05) is 36.1 Å². The summed E-state index contributed by atoms with van der Waals surface area (Å²) < 4.78 is 15.6. The summed E-state index contributed by atoms with van der Waals surface area (Å²) in [7, 11) is 0. The quantitative estimate of drug-likeness (QED) is 0.284. The fourth-order valence-corrected chi connectivity index (χ4v) is 4.23. The predicted octanol–water partition coefficient (Wildman–Crippen LogP) is 4.12. The molecule has 0 saturated carbocycles. The number of aromatic nitrogens is 4. The van der Waals surface area contributed by atoms with Crippen LogP contribution in [-0.4, -0.2) is 54.8 Å². The second-order valence-electron chi connectivity index (χ2n) is 9.15. The molecule has 202 valence electrons. The summed E-state index contributed by atoms with van der Waals surface area (Å²) in [5, 5.41) is 10.8. The normalized spacial score (nSPS) is 11.0. The van der Waals surface area contributed by atoms with E-state index in [1.165, 1.54) is 35.0 Å². The van der Waals surface area contributed by atoms with E-state index in [4.69, 9.17) is 11.6 Å². The Morgan fingerprint density at radius 3 is 2.54 bits per heavy atom. The molecule has 0 unspecified atom stereocenters. The van der Waals surface area contributed by atoms with Crippen molar-refractivity contribution >= 4 is 51.5 Å². The highest BCUT2D eigenvalue weighted by Gasteiger charge is 2.23. The van der Waals surface area contributed by atoms with Gasteiger partial charge in [0.05, 0.1) is 35.2 Å². The summed E-state index contributed by atoms with van der Waals surface area (Å²) in [4.78, 5) is 47.6. The van der Waals surface area contributed by atoms with Crippen LogP contribution in [0.5, 0.6) is 0 Å². The number of amides is 2. The number of hydrogen-bond donors (Lipinski definition) is 2. The maximum absolute atomic E-state index is 14.1. The van der Waals surface area contributed by atoms with Crippen molar-refractivity contribution in [1.29, 1.82) is 0 Å². The number of nitrogens with one attached hydrogen (secondary N) is 2. The largest absolute Gasteiger partial charge is 0.353 e. The van der Waals surface area contributed by atoms with E-state index in [1.54, 1.807) is 50.5 Å². The van der Waals surface area contributed by atoms with Crippen molar-refractivity contribution in [2.24, 2.45) is 0 Å². The van der Waals surface area contributed by atoms with Gasteiger partial charge in [-0.1, -0.05) is 23.7 Å². The van der Waals surface area contributed by atoms with Crippen molar-refractivity contribution in [2.75, 3.05) is 11.9 Å². The number of carbonyl (C=O) groups excluding carboxylic acids is 3. The average molecular weight is 552 g/mol. The average Bonchev–Trinajstić information content (AvgIpc) is 3.26. The Hall–Kier alpha value is -4.38. The molecule has 0 fully saturated rings. The molecule has 4 rings (SSSR count). The van der Waals surface area contributed by atoms with Crippen LogP contribution >= 0.6 is 11.6 Å². The Morgan fingerprint density at radius 2 is 1.85 bits per heavy atom.